The number of amides is 1. The molecular formula is C25H32F3N5O. The molecule has 9 heteroatoms. The number of alkyl halides is 3. The van der Waals surface area contributed by atoms with Crippen LogP contribution < -0.4 is 5.32 Å². The zero-order valence-electron chi connectivity index (χ0n) is 19.8. The van der Waals surface area contributed by atoms with Crippen LogP contribution in [0.15, 0.2) is 53.8 Å². The standard InChI is InChI=1S/C25H32F3N5O/c1-5-29-11-8-17(2)21(24(9-10-24)25(26,27)28)14-23(34)30-16-20(33(3)4)13-18-6-7-22-19(12-18)15-31-32-22/h5-8,11-12,15,20-21H,2,9-10,13-14,16H2,1,3-4H3,(H,30,34)(H,31,32)/b11-8-,29-5-/t20-,21-/m0/s1. The van der Waals surface area contributed by atoms with E-state index < -0.39 is 23.4 Å². The molecule has 0 aliphatic heterocycles. The quantitative estimate of drug-likeness (QED) is 0.367. The number of aromatic amines is 1. The van der Waals surface area contributed by atoms with Crippen molar-refractivity contribution in [3.05, 3.63) is 54.4 Å². The number of benzene rings is 1. The zero-order chi connectivity index (χ0) is 24.9. The summed E-state index contributed by atoms with van der Waals surface area (Å²) >= 11 is 0. The number of carbonyl (C=O) groups excluding carboxylic acids is 1. The van der Waals surface area contributed by atoms with Crippen molar-refractivity contribution in [1.29, 1.82) is 0 Å². The minimum Gasteiger partial charge on any atom is -0.355 e. The van der Waals surface area contributed by atoms with Gasteiger partial charge in [0.15, 0.2) is 0 Å². The van der Waals surface area contributed by atoms with E-state index in [1.54, 1.807) is 13.1 Å². The van der Waals surface area contributed by atoms with E-state index in [4.69, 9.17) is 0 Å². The molecule has 0 saturated heterocycles. The lowest BCUT2D eigenvalue weighted by atomic mass is 9.80. The molecule has 2 atom stereocenters. The predicted octanol–water partition coefficient (Wildman–Crippen LogP) is 4.66. The van der Waals surface area contributed by atoms with Gasteiger partial charge in [-0.15, -0.1) is 0 Å². The number of carbonyl (C=O) groups is 1. The fraction of sp³-hybridized carbons (Fsp3) is 0.480. The first-order valence-electron chi connectivity index (χ1n) is 11.3. The van der Waals surface area contributed by atoms with Crippen LogP contribution in [0.5, 0.6) is 0 Å². The molecule has 1 amide bonds. The van der Waals surface area contributed by atoms with Crippen LogP contribution in [-0.4, -0.2) is 60.1 Å². The smallest absolute Gasteiger partial charge is 0.355 e. The maximum atomic E-state index is 13.9. The van der Waals surface area contributed by atoms with E-state index in [-0.39, 0.29) is 30.9 Å². The topological polar surface area (TPSA) is 73.4 Å². The van der Waals surface area contributed by atoms with Crippen molar-refractivity contribution in [2.45, 2.75) is 44.8 Å². The van der Waals surface area contributed by atoms with Crippen LogP contribution in [-0.2, 0) is 11.2 Å². The highest BCUT2D eigenvalue weighted by Crippen LogP contribution is 2.64. The third-order valence-electron chi connectivity index (χ3n) is 6.62. The van der Waals surface area contributed by atoms with Gasteiger partial charge in [-0.05, 0) is 69.6 Å². The molecule has 0 spiro atoms. The number of rotatable bonds is 11. The molecule has 0 bridgehead atoms. The van der Waals surface area contributed by atoms with Gasteiger partial charge in [-0.2, -0.15) is 18.3 Å². The fourth-order valence-electron chi connectivity index (χ4n) is 4.30. The average molecular weight is 476 g/mol. The monoisotopic (exact) mass is 475 g/mol. The number of aromatic nitrogens is 2. The third-order valence-corrected chi connectivity index (χ3v) is 6.62. The lowest BCUT2D eigenvalue weighted by Crippen LogP contribution is -2.43. The number of fused-ring (bicyclic) bond motifs is 1. The Hall–Kier alpha value is -2.94. The summed E-state index contributed by atoms with van der Waals surface area (Å²) in [6.45, 7) is 5.88. The SMILES string of the molecule is C=C(/C=C\N=C/C)[C@H](CC(=O)NC[C@H](Cc1ccc2[nH]ncc2c1)N(C)C)C1(C(F)(F)F)CC1. The van der Waals surface area contributed by atoms with Crippen LogP contribution in [0.4, 0.5) is 13.2 Å². The largest absolute Gasteiger partial charge is 0.395 e. The van der Waals surface area contributed by atoms with Crippen molar-refractivity contribution in [3.63, 3.8) is 0 Å². The second kappa shape index (κ2) is 10.5. The molecule has 1 aliphatic rings. The van der Waals surface area contributed by atoms with Crippen LogP contribution in [0.1, 0.15) is 31.7 Å². The van der Waals surface area contributed by atoms with Gasteiger partial charge in [-0.25, -0.2) is 0 Å². The Labute approximate surface area is 198 Å². The minimum atomic E-state index is -4.39. The van der Waals surface area contributed by atoms with Crippen LogP contribution in [0, 0.1) is 11.3 Å². The summed E-state index contributed by atoms with van der Waals surface area (Å²) in [4.78, 5) is 18.7. The summed E-state index contributed by atoms with van der Waals surface area (Å²) in [7, 11) is 3.83. The molecule has 0 radical (unpaired) electrons. The van der Waals surface area contributed by atoms with Gasteiger partial charge in [0.25, 0.3) is 0 Å². The van der Waals surface area contributed by atoms with Crippen LogP contribution in [0.3, 0.4) is 0 Å². The molecule has 1 fully saturated rings. The van der Waals surface area contributed by atoms with Gasteiger partial charge in [-0.3, -0.25) is 14.9 Å². The maximum absolute atomic E-state index is 13.9. The van der Waals surface area contributed by atoms with Gasteiger partial charge in [0.05, 0.1) is 17.1 Å². The van der Waals surface area contributed by atoms with E-state index in [1.807, 2.05) is 37.2 Å². The van der Waals surface area contributed by atoms with Gasteiger partial charge in [0, 0.05) is 42.7 Å². The van der Waals surface area contributed by atoms with Gasteiger partial charge in [0.1, 0.15) is 0 Å². The van der Waals surface area contributed by atoms with E-state index in [2.05, 4.69) is 27.1 Å². The average Bonchev–Trinajstić information content (AvgIpc) is 3.46. The Morgan fingerprint density at radius 1 is 1.38 bits per heavy atom. The van der Waals surface area contributed by atoms with Crippen LogP contribution in [0.25, 0.3) is 10.9 Å². The first kappa shape index (κ1) is 25.7. The molecule has 1 aromatic carbocycles. The van der Waals surface area contributed by atoms with Crippen molar-refractivity contribution in [2.24, 2.45) is 16.3 Å². The molecular weight excluding hydrogens is 443 g/mol. The van der Waals surface area contributed by atoms with Gasteiger partial charge >= 0.3 is 6.18 Å². The summed E-state index contributed by atoms with van der Waals surface area (Å²) in [6.07, 6.45) is 2.22. The minimum absolute atomic E-state index is 0.00909. The number of H-pyrrole nitrogens is 1. The van der Waals surface area contributed by atoms with Crippen LogP contribution >= 0.6 is 0 Å². The molecule has 6 nitrogen and oxygen atoms in total. The molecule has 1 aliphatic carbocycles. The van der Waals surface area contributed by atoms with Gasteiger partial charge in [0.2, 0.25) is 5.91 Å². The molecule has 1 saturated carbocycles. The van der Waals surface area contributed by atoms with Crippen molar-refractivity contribution in [2.75, 3.05) is 20.6 Å². The Bertz CT molecular complexity index is 1070. The van der Waals surface area contributed by atoms with E-state index in [0.29, 0.717) is 13.0 Å². The maximum Gasteiger partial charge on any atom is 0.395 e. The number of halogens is 3. The third kappa shape index (κ3) is 5.94. The van der Waals surface area contributed by atoms with Crippen molar-refractivity contribution >= 4 is 23.0 Å². The highest BCUT2D eigenvalue weighted by Gasteiger charge is 2.67. The molecule has 3 rings (SSSR count). The summed E-state index contributed by atoms with van der Waals surface area (Å²) in [6, 6.07) is 5.99. The van der Waals surface area contributed by atoms with E-state index in [0.717, 1.165) is 16.5 Å². The summed E-state index contributed by atoms with van der Waals surface area (Å²) in [5.41, 5.74) is 0.418. The number of allylic oxidation sites excluding steroid dienone is 2. The number of hydrogen-bond acceptors (Lipinski definition) is 4. The van der Waals surface area contributed by atoms with E-state index in [1.165, 1.54) is 18.5 Å². The summed E-state index contributed by atoms with van der Waals surface area (Å²) in [5, 5.41) is 10.8. The highest BCUT2D eigenvalue weighted by atomic mass is 19.4. The molecule has 2 aromatic rings. The number of nitrogens with one attached hydrogen (secondary N) is 2. The zero-order valence-corrected chi connectivity index (χ0v) is 19.8. The number of nitrogens with zero attached hydrogens (tertiary/aromatic N) is 3. The van der Waals surface area contributed by atoms with E-state index in [9.17, 15) is 18.0 Å². The fourth-order valence-corrected chi connectivity index (χ4v) is 4.30. The van der Waals surface area contributed by atoms with Gasteiger partial charge in [-0.1, -0.05) is 12.6 Å². The second-order valence-corrected chi connectivity index (χ2v) is 9.13. The molecule has 2 N–H and O–H groups in total. The number of hydrogen-bond donors (Lipinski definition) is 2. The first-order chi connectivity index (χ1) is 16.1. The summed E-state index contributed by atoms with van der Waals surface area (Å²) < 4.78 is 41.6. The second-order valence-electron chi connectivity index (χ2n) is 9.13. The van der Waals surface area contributed by atoms with E-state index >= 15 is 0 Å². The lowest BCUT2D eigenvalue weighted by Gasteiger charge is -2.30. The predicted molar refractivity (Wildman–Crippen MR) is 129 cm³/mol. The Kier molecular flexibility index (Phi) is 7.97. The Morgan fingerprint density at radius 3 is 2.74 bits per heavy atom. The molecule has 184 valence electrons. The molecule has 34 heavy (non-hydrogen) atoms. The lowest BCUT2D eigenvalue weighted by molar-refractivity contribution is -0.199. The molecule has 1 aromatic heterocycles. The Morgan fingerprint density at radius 2 is 2.12 bits per heavy atom. The molecule has 1 heterocycles. The number of aliphatic imine (C=N–C) groups is 1. The van der Waals surface area contributed by atoms with Crippen molar-refractivity contribution in [1.82, 2.24) is 20.4 Å². The Balaban J connectivity index is 1.66. The first-order valence-corrected chi connectivity index (χ1v) is 11.3. The van der Waals surface area contributed by atoms with Crippen molar-refractivity contribution in [3.8, 4) is 0 Å². The highest BCUT2D eigenvalue weighted by molar-refractivity contribution is 5.78. The number of likely N-dealkylation sites (N-methyl/N-ethyl adjacent to an activating group) is 1. The van der Waals surface area contributed by atoms with Gasteiger partial charge < -0.3 is 10.2 Å². The normalized spacial score (nSPS) is 17.5. The van der Waals surface area contributed by atoms with Crippen LogP contribution in [0.2, 0.25) is 0 Å². The summed E-state index contributed by atoms with van der Waals surface area (Å²) in [5.74, 6) is -1.43. The molecule has 0 unspecified atom stereocenters. The van der Waals surface area contributed by atoms with Crippen molar-refractivity contribution < 1.29 is 18.0 Å².